The van der Waals surface area contributed by atoms with Gasteiger partial charge < -0.3 is 4.74 Å². The van der Waals surface area contributed by atoms with Gasteiger partial charge in [-0.15, -0.1) is 0 Å². The fourth-order valence-electron chi connectivity index (χ4n) is 2.37. The second-order valence-electron chi connectivity index (χ2n) is 4.22. The first-order valence-corrected chi connectivity index (χ1v) is 5.71. The number of fused-ring (bicyclic) bond motifs is 1. The zero-order valence-corrected chi connectivity index (χ0v) is 9.52. The van der Waals surface area contributed by atoms with Gasteiger partial charge in [-0.2, -0.15) is 0 Å². The van der Waals surface area contributed by atoms with Crippen LogP contribution in [0.4, 0.5) is 0 Å². The molecule has 0 bridgehead atoms. The first-order chi connectivity index (χ1) is 8.77. The van der Waals surface area contributed by atoms with Gasteiger partial charge in [0.25, 0.3) is 0 Å². The van der Waals surface area contributed by atoms with Crippen LogP contribution in [-0.2, 0) is 0 Å². The fraction of sp³-hybridized carbons (Fsp3) is 0.143. The maximum absolute atomic E-state index is 11.1. The van der Waals surface area contributed by atoms with Crippen LogP contribution in [0.25, 0.3) is 0 Å². The maximum atomic E-state index is 11.1. The molecule has 0 radical (unpaired) electrons. The summed E-state index contributed by atoms with van der Waals surface area (Å²) < 4.78 is 5.44. The van der Waals surface area contributed by atoms with E-state index in [1.165, 1.54) is 0 Å². The van der Waals surface area contributed by atoms with Crippen LogP contribution in [-0.4, -0.2) is 11.2 Å². The molecule has 0 N–H and O–H groups in total. The second kappa shape index (κ2) is 4.14. The predicted octanol–water partition coefficient (Wildman–Crippen LogP) is 2.81. The van der Waals surface area contributed by atoms with E-state index in [0.717, 1.165) is 11.1 Å². The Morgan fingerprint density at radius 3 is 2.39 bits per heavy atom. The topological polar surface area (TPSA) is 52.4 Å². The number of benzene rings is 2. The van der Waals surface area contributed by atoms with Crippen molar-refractivity contribution in [1.29, 1.82) is 0 Å². The zero-order valence-electron chi connectivity index (χ0n) is 9.52. The van der Waals surface area contributed by atoms with Crippen molar-refractivity contribution in [2.24, 2.45) is 0 Å². The molecule has 0 saturated heterocycles. The summed E-state index contributed by atoms with van der Waals surface area (Å²) >= 11 is 0. The van der Waals surface area contributed by atoms with Crippen LogP contribution >= 0.6 is 0 Å². The van der Waals surface area contributed by atoms with E-state index >= 15 is 0 Å². The average Bonchev–Trinajstić information content (AvgIpc) is 2.79. The summed E-state index contributed by atoms with van der Waals surface area (Å²) in [7, 11) is 0. The van der Waals surface area contributed by atoms with Crippen molar-refractivity contribution in [3.8, 4) is 5.75 Å². The minimum Gasteiger partial charge on any atom is -0.429 e. The number of ether oxygens (including phenoxy) is 1. The van der Waals surface area contributed by atoms with Gasteiger partial charge in [-0.25, -0.2) is 0 Å². The van der Waals surface area contributed by atoms with E-state index in [1.54, 1.807) is 6.07 Å². The SMILES string of the molecule is O=[N+]([O-])C1Oc2ccccc2C1c1ccccc1. The standard InChI is InChI=1S/C14H11NO3/c16-15(17)14-13(10-6-2-1-3-7-10)11-8-4-5-9-12(11)18-14/h1-9,13-14H. The first-order valence-electron chi connectivity index (χ1n) is 5.71. The van der Waals surface area contributed by atoms with Crippen LogP contribution in [0.5, 0.6) is 5.75 Å². The molecular weight excluding hydrogens is 230 g/mol. The Kier molecular flexibility index (Phi) is 2.48. The molecule has 2 aromatic carbocycles. The van der Waals surface area contributed by atoms with E-state index in [2.05, 4.69) is 0 Å². The highest BCUT2D eigenvalue weighted by molar-refractivity contribution is 5.46. The van der Waals surface area contributed by atoms with Gasteiger partial charge in [-0.3, -0.25) is 10.1 Å². The van der Waals surface area contributed by atoms with Gasteiger partial charge in [-0.1, -0.05) is 48.5 Å². The Balaban J connectivity index is 2.11. The van der Waals surface area contributed by atoms with Crippen LogP contribution < -0.4 is 4.74 Å². The maximum Gasteiger partial charge on any atom is 0.364 e. The lowest BCUT2D eigenvalue weighted by molar-refractivity contribution is -0.562. The molecule has 18 heavy (non-hydrogen) atoms. The van der Waals surface area contributed by atoms with Crippen molar-refractivity contribution < 1.29 is 9.66 Å². The molecule has 2 atom stereocenters. The summed E-state index contributed by atoms with van der Waals surface area (Å²) in [6.07, 6.45) is -1.04. The first kappa shape index (κ1) is 10.8. The summed E-state index contributed by atoms with van der Waals surface area (Å²) in [6, 6.07) is 16.8. The molecule has 4 nitrogen and oxygen atoms in total. The van der Waals surface area contributed by atoms with Gasteiger partial charge in [0.15, 0.2) is 0 Å². The molecule has 90 valence electrons. The molecule has 0 saturated carbocycles. The van der Waals surface area contributed by atoms with E-state index in [9.17, 15) is 10.1 Å². The molecule has 1 aliphatic heterocycles. The van der Waals surface area contributed by atoms with Crippen LogP contribution in [0, 0.1) is 10.1 Å². The monoisotopic (exact) mass is 241 g/mol. The third-order valence-electron chi connectivity index (χ3n) is 3.15. The van der Waals surface area contributed by atoms with Crippen LogP contribution in [0.3, 0.4) is 0 Å². The molecule has 2 unspecified atom stereocenters. The lowest BCUT2D eigenvalue weighted by Crippen LogP contribution is -2.28. The normalized spacial score (nSPS) is 21.1. The van der Waals surface area contributed by atoms with Gasteiger partial charge >= 0.3 is 6.23 Å². The fourth-order valence-corrected chi connectivity index (χ4v) is 2.37. The summed E-state index contributed by atoms with van der Waals surface area (Å²) in [4.78, 5) is 10.8. The number of nitrogens with zero attached hydrogens (tertiary/aromatic N) is 1. The van der Waals surface area contributed by atoms with Gasteiger partial charge in [0.2, 0.25) is 0 Å². The summed E-state index contributed by atoms with van der Waals surface area (Å²) in [5.41, 5.74) is 1.79. The Labute approximate surface area is 104 Å². The Morgan fingerprint density at radius 1 is 1.00 bits per heavy atom. The quantitative estimate of drug-likeness (QED) is 0.600. The van der Waals surface area contributed by atoms with Crippen LogP contribution in [0.15, 0.2) is 54.6 Å². The lowest BCUT2D eigenvalue weighted by Gasteiger charge is -2.12. The van der Waals surface area contributed by atoms with E-state index in [4.69, 9.17) is 4.74 Å². The van der Waals surface area contributed by atoms with Crippen molar-refractivity contribution in [2.75, 3.05) is 0 Å². The molecule has 0 spiro atoms. The minimum atomic E-state index is -1.04. The van der Waals surface area contributed by atoms with Gasteiger partial charge in [0.1, 0.15) is 11.7 Å². The number of hydrogen-bond acceptors (Lipinski definition) is 3. The number of hydrogen-bond donors (Lipinski definition) is 0. The smallest absolute Gasteiger partial charge is 0.364 e. The number of para-hydroxylation sites is 1. The van der Waals surface area contributed by atoms with Gasteiger partial charge in [0.05, 0.1) is 4.92 Å². The van der Waals surface area contributed by atoms with Crippen molar-refractivity contribution in [3.05, 3.63) is 75.8 Å². The molecule has 0 aromatic heterocycles. The molecule has 1 aliphatic rings. The molecule has 0 fully saturated rings. The molecule has 4 heteroatoms. The lowest BCUT2D eigenvalue weighted by atomic mass is 9.91. The molecule has 3 rings (SSSR count). The van der Waals surface area contributed by atoms with Crippen molar-refractivity contribution in [1.82, 2.24) is 0 Å². The van der Waals surface area contributed by atoms with Crippen molar-refractivity contribution in [2.45, 2.75) is 12.1 Å². The Hall–Kier alpha value is -2.36. The summed E-state index contributed by atoms with van der Waals surface area (Å²) in [5.74, 6) is 0.269. The molecule has 1 heterocycles. The number of rotatable bonds is 2. The van der Waals surface area contributed by atoms with Gasteiger partial charge in [-0.05, 0) is 11.6 Å². The summed E-state index contributed by atoms with van der Waals surface area (Å²) in [5, 5.41) is 11.1. The van der Waals surface area contributed by atoms with E-state index in [-0.39, 0.29) is 10.8 Å². The van der Waals surface area contributed by atoms with E-state index < -0.39 is 6.23 Å². The van der Waals surface area contributed by atoms with Crippen LogP contribution in [0.2, 0.25) is 0 Å². The summed E-state index contributed by atoms with van der Waals surface area (Å²) in [6.45, 7) is 0. The third-order valence-corrected chi connectivity index (χ3v) is 3.15. The zero-order chi connectivity index (χ0) is 12.5. The van der Waals surface area contributed by atoms with Crippen molar-refractivity contribution in [3.63, 3.8) is 0 Å². The largest absolute Gasteiger partial charge is 0.429 e. The predicted molar refractivity (Wildman–Crippen MR) is 66.1 cm³/mol. The highest BCUT2D eigenvalue weighted by Gasteiger charge is 2.43. The second-order valence-corrected chi connectivity index (χ2v) is 4.22. The number of nitro groups is 1. The highest BCUT2D eigenvalue weighted by Crippen LogP contribution is 2.42. The van der Waals surface area contributed by atoms with Gasteiger partial charge in [0, 0.05) is 5.56 Å². The van der Waals surface area contributed by atoms with Crippen LogP contribution in [0.1, 0.15) is 17.0 Å². The third kappa shape index (κ3) is 1.62. The van der Waals surface area contributed by atoms with Crippen molar-refractivity contribution >= 4 is 0 Å². The Morgan fingerprint density at radius 2 is 1.67 bits per heavy atom. The highest BCUT2D eigenvalue weighted by atomic mass is 16.7. The molecule has 2 aromatic rings. The molecule has 0 amide bonds. The molecular formula is C14H11NO3. The molecule has 0 aliphatic carbocycles. The van der Waals surface area contributed by atoms with E-state index in [1.807, 2.05) is 48.5 Å². The van der Waals surface area contributed by atoms with E-state index in [0.29, 0.717) is 5.75 Å². The average molecular weight is 241 g/mol. The Bertz CT molecular complexity index is 583. The minimum absolute atomic E-state index is 0.336.